The van der Waals surface area contributed by atoms with E-state index < -0.39 is 0 Å². The van der Waals surface area contributed by atoms with Crippen molar-refractivity contribution >= 4 is 6.21 Å². The van der Waals surface area contributed by atoms with Crippen molar-refractivity contribution in [3.05, 3.63) is 41.7 Å². The van der Waals surface area contributed by atoms with Crippen LogP contribution in [-0.4, -0.2) is 13.3 Å². The fourth-order valence-electron chi connectivity index (χ4n) is 1.14. The van der Waals surface area contributed by atoms with Crippen molar-refractivity contribution in [2.75, 3.05) is 7.05 Å². The monoisotopic (exact) mass is 203 g/mol. The van der Waals surface area contributed by atoms with Crippen molar-refractivity contribution < 1.29 is 4.74 Å². The van der Waals surface area contributed by atoms with Gasteiger partial charge in [-0.2, -0.15) is 0 Å². The highest BCUT2D eigenvalue weighted by molar-refractivity contribution is 5.71. The van der Waals surface area contributed by atoms with Crippen LogP contribution in [0.2, 0.25) is 0 Å². The van der Waals surface area contributed by atoms with Crippen LogP contribution in [0.3, 0.4) is 0 Å². The first kappa shape index (κ1) is 11.5. The fourth-order valence-corrected chi connectivity index (χ4v) is 1.14. The number of allylic oxidation sites excluding steroid dienone is 2. The normalized spacial score (nSPS) is 12.1. The van der Waals surface area contributed by atoms with Gasteiger partial charge in [-0.3, -0.25) is 4.99 Å². The van der Waals surface area contributed by atoms with E-state index in [0.717, 1.165) is 17.9 Å². The maximum absolute atomic E-state index is 5.69. The highest BCUT2D eigenvalue weighted by Gasteiger charge is 1.96. The maximum atomic E-state index is 5.69. The molecule has 0 heterocycles. The molecule has 0 bridgehead atoms. The molecule has 0 aromatic heterocycles. The molecule has 0 radical (unpaired) electrons. The lowest BCUT2D eigenvalue weighted by Gasteiger charge is -2.07. The van der Waals surface area contributed by atoms with Crippen LogP contribution in [0.15, 0.2) is 41.1 Å². The Morgan fingerprint density at radius 2 is 2.00 bits per heavy atom. The average molecular weight is 203 g/mol. The van der Waals surface area contributed by atoms with Gasteiger partial charge < -0.3 is 4.74 Å². The zero-order valence-corrected chi connectivity index (χ0v) is 9.53. The molecule has 0 aliphatic carbocycles. The lowest BCUT2D eigenvalue weighted by Crippen LogP contribution is -1.94. The Morgan fingerprint density at radius 3 is 2.53 bits per heavy atom. The van der Waals surface area contributed by atoms with Gasteiger partial charge in [0.1, 0.15) is 11.5 Å². The zero-order chi connectivity index (χ0) is 11.1. The number of aryl methyl sites for hydroxylation is 1. The standard InChI is InChI=1S/C13H17NO/c1-4-12(9-10-14-3)15-13-7-5-11(2)6-8-13/h5-10H,4H2,1-3H3/b12-9+,14-10?. The van der Waals surface area contributed by atoms with E-state index in [1.807, 2.05) is 30.3 Å². The van der Waals surface area contributed by atoms with Gasteiger partial charge in [-0.25, -0.2) is 0 Å². The van der Waals surface area contributed by atoms with Crippen LogP contribution >= 0.6 is 0 Å². The molecule has 0 atom stereocenters. The number of rotatable bonds is 4. The summed E-state index contributed by atoms with van der Waals surface area (Å²) in [7, 11) is 1.75. The van der Waals surface area contributed by atoms with Crippen molar-refractivity contribution in [3.63, 3.8) is 0 Å². The van der Waals surface area contributed by atoms with Gasteiger partial charge in [0.15, 0.2) is 0 Å². The van der Waals surface area contributed by atoms with E-state index >= 15 is 0 Å². The number of nitrogens with zero attached hydrogens (tertiary/aromatic N) is 1. The molecule has 0 unspecified atom stereocenters. The molecule has 2 heteroatoms. The van der Waals surface area contributed by atoms with Crippen LogP contribution in [0.4, 0.5) is 0 Å². The van der Waals surface area contributed by atoms with Crippen LogP contribution < -0.4 is 4.74 Å². The predicted molar refractivity (Wildman–Crippen MR) is 64.6 cm³/mol. The van der Waals surface area contributed by atoms with Gasteiger partial charge in [0.05, 0.1) is 0 Å². The lowest BCUT2D eigenvalue weighted by molar-refractivity contribution is 0.410. The fraction of sp³-hybridized carbons (Fsp3) is 0.308. The third-order valence-corrected chi connectivity index (χ3v) is 2.03. The number of benzene rings is 1. The summed E-state index contributed by atoms with van der Waals surface area (Å²) in [6.07, 6.45) is 4.49. The Labute approximate surface area is 91.3 Å². The zero-order valence-electron chi connectivity index (χ0n) is 9.53. The molecule has 0 amide bonds. The Morgan fingerprint density at radius 1 is 1.33 bits per heavy atom. The first-order valence-electron chi connectivity index (χ1n) is 5.12. The summed E-state index contributed by atoms with van der Waals surface area (Å²) >= 11 is 0. The van der Waals surface area contributed by atoms with Crippen LogP contribution in [-0.2, 0) is 0 Å². The average Bonchev–Trinajstić information content (AvgIpc) is 2.27. The predicted octanol–water partition coefficient (Wildman–Crippen LogP) is 3.37. The summed E-state index contributed by atoms with van der Waals surface area (Å²) in [5.41, 5.74) is 1.24. The molecular formula is C13H17NO. The molecule has 0 saturated heterocycles. The van der Waals surface area contributed by atoms with Crippen molar-refractivity contribution in [2.45, 2.75) is 20.3 Å². The van der Waals surface area contributed by atoms with Gasteiger partial charge in [0.2, 0.25) is 0 Å². The van der Waals surface area contributed by atoms with Gasteiger partial charge in [0.25, 0.3) is 0 Å². The molecule has 0 fully saturated rings. The molecule has 0 spiro atoms. The second kappa shape index (κ2) is 6.02. The van der Waals surface area contributed by atoms with E-state index in [1.165, 1.54) is 5.56 Å². The molecule has 80 valence electrons. The van der Waals surface area contributed by atoms with Crippen LogP contribution in [0.5, 0.6) is 5.75 Å². The van der Waals surface area contributed by atoms with Gasteiger partial charge in [-0.15, -0.1) is 0 Å². The topological polar surface area (TPSA) is 21.6 Å². The maximum Gasteiger partial charge on any atom is 0.126 e. The van der Waals surface area contributed by atoms with E-state index in [0.29, 0.717) is 0 Å². The second-order valence-corrected chi connectivity index (χ2v) is 3.31. The minimum atomic E-state index is 0.861. The highest BCUT2D eigenvalue weighted by atomic mass is 16.5. The van der Waals surface area contributed by atoms with E-state index in [1.54, 1.807) is 13.3 Å². The van der Waals surface area contributed by atoms with Gasteiger partial charge in [-0.05, 0) is 25.1 Å². The number of hydrogen-bond donors (Lipinski definition) is 0. The summed E-state index contributed by atoms with van der Waals surface area (Å²) in [5, 5.41) is 0. The first-order valence-corrected chi connectivity index (χ1v) is 5.12. The SMILES string of the molecule is CC/C(=C\C=NC)Oc1ccc(C)cc1. The molecule has 0 aliphatic rings. The van der Waals surface area contributed by atoms with Crippen molar-refractivity contribution in [1.82, 2.24) is 0 Å². The molecule has 0 N–H and O–H groups in total. The largest absolute Gasteiger partial charge is 0.462 e. The van der Waals surface area contributed by atoms with Crippen LogP contribution in [0.1, 0.15) is 18.9 Å². The quantitative estimate of drug-likeness (QED) is 0.543. The lowest BCUT2D eigenvalue weighted by atomic mass is 10.2. The Hall–Kier alpha value is -1.57. The Kier molecular flexibility index (Phi) is 4.61. The smallest absolute Gasteiger partial charge is 0.126 e. The summed E-state index contributed by atoms with van der Waals surface area (Å²) in [6, 6.07) is 8.02. The number of aliphatic imine (C=N–C) groups is 1. The summed E-state index contributed by atoms with van der Waals surface area (Å²) in [6.45, 7) is 4.12. The van der Waals surface area contributed by atoms with Gasteiger partial charge in [0, 0.05) is 19.7 Å². The number of ether oxygens (including phenoxy) is 1. The van der Waals surface area contributed by atoms with Crippen LogP contribution in [0.25, 0.3) is 0 Å². The molecule has 0 saturated carbocycles. The first-order chi connectivity index (χ1) is 7.26. The minimum absolute atomic E-state index is 0.861. The number of hydrogen-bond acceptors (Lipinski definition) is 2. The third-order valence-electron chi connectivity index (χ3n) is 2.03. The molecule has 1 aromatic carbocycles. The Bertz CT molecular complexity index is 349. The highest BCUT2D eigenvalue weighted by Crippen LogP contribution is 2.15. The molecular weight excluding hydrogens is 186 g/mol. The minimum Gasteiger partial charge on any atom is -0.462 e. The summed E-state index contributed by atoms with van der Waals surface area (Å²) < 4.78 is 5.69. The summed E-state index contributed by atoms with van der Waals surface area (Å²) in [4.78, 5) is 3.90. The molecule has 2 nitrogen and oxygen atoms in total. The van der Waals surface area contributed by atoms with Gasteiger partial charge in [-0.1, -0.05) is 24.6 Å². The molecule has 1 rings (SSSR count). The third kappa shape index (κ3) is 3.98. The Balaban J connectivity index is 2.71. The second-order valence-electron chi connectivity index (χ2n) is 3.31. The van der Waals surface area contributed by atoms with Crippen LogP contribution in [0, 0.1) is 6.92 Å². The van der Waals surface area contributed by atoms with Crippen molar-refractivity contribution in [1.29, 1.82) is 0 Å². The molecule has 1 aromatic rings. The molecule has 0 aliphatic heterocycles. The summed E-state index contributed by atoms with van der Waals surface area (Å²) in [5.74, 6) is 1.79. The van der Waals surface area contributed by atoms with Crippen molar-refractivity contribution in [2.24, 2.45) is 4.99 Å². The van der Waals surface area contributed by atoms with Gasteiger partial charge >= 0.3 is 0 Å². The van der Waals surface area contributed by atoms with E-state index in [4.69, 9.17) is 4.74 Å². The van der Waals surface area contributed by atoms with E-state index in [2.05, 4.69) is 18.8 Å². The van der Waals surface area contributed by atoms with Crippen molar-refractivity contribution in [3.8, 4) is 5.75 Å². The molecule has 15 heavy (non-hydrogen) atoms. The van der Waals surface area contributed by atoms with E-state index in [9.17, 15) is 0 Å². The van der Waals surface area contributed by atoms with E-state index in [-0.39, 0.29) is 0 Å².